The van der Waals surface area contributed by atoms with Gasteiger partial charge in [0.2, 0.25) is 0 Å². The molecule has 0 radical (unpaired) electrons. The Morgan fingerprint density at radius 3 is 2.67 bits per heavy atom. The Kier molecular flexibility index (Phi) is 4.41. The normalized spacial score (nSPS) is 15.2. The Hall–Kier alpha value is -1.59. The SMILES string of the molecule is O=C(COc1ccc2cc(Br)ccc2c1)N1CCNCC1. The Morgan fingerprint density at radius 2 is 1.86 bits per heavy atom. The highest BCUT2D eigenvalue weighted by atomic mass is 79.9. The summed E-state index contributed by atoms with van der Waals surface area (Å²) in [5.41, 5.74) is 0. The van der Waals surface area contributed by atoms with E-state index in [1.165, 1.54) is 0 Å². The van der Waals surface area contributed by atoms with E-state index in [4.69, 9.17) is 4.74 Å². The summed E-state index contributed by atoms with van der Waals surface area (Å²) in [6.45, 7) is 3.33. The lowest BCUT2D eigenvalue weighted by molar-refractivity contribution is -0.133. The maximum Gasteiger partial charge on any atom is 0.260 e. The first kappa shape index (κ1) is 14.4. The molecule has 0 aliphatic carbocycles. The maximum atomic E-state index is 12.0. The molecule has 2 aromatic carbocycles. The van der Waals surface area contributed by atoms with Crippen LogP contribution >= 0.6 is 15.9 Å². The summed E-state index contributed by atoms with van der Waals surface area (Å²) in [6, 6.07) is 12.0. The summed E-state index contributed by atoms with van der Waals surface area (Å²) in [4.78, 5) is 13.9. The van der Waals surface area contributed by atoms with Gasteiger partial charge >= 0.3 is 0 Å². The minimum atomic E-state index is 0.0485. The predicted octanol–water partition coefficient (Wildman–Crippen LogP) is 2.41. The van der Waals surface area contributed by atoms with Gasteiger partial charge in [-0.3, -0.25) is 4.79 Å². The van der Waals surface area contributed by atoms with E-state index in [1.54, 1.807) is 0 Å². The number of carbonyl (C=O) groups is 1. The van der Waals surface area contributed by atoms with Crippen LogP contribution in [0, 0.1) is 0 Å². The van der Waals surface area contributed by atoms with Gasteiger partial charge in [-0.1, -0.05) is 28.1 Å². The minimum absolute atomic E-state index is 0.0485. The summed E-state index contributed by atoms with van der Waals surface area (Å²) < 4.78 is 6.69. The molecule has 0 spiro atoms. The third-order valence-corrected chi connectivity index (χ3v) is 4.10. The van der Waals surface area contributed by atoms with Crippen molar-refractivity contribution in [1.82, 2.24) is 10.2 Å². The summed E-state index contributed by atoms with van der Waals surface area (Å²) >= 11 is 3.46. The molecular weight excluding hydrogens is 332 g/mol. The van der Waals surface area contributed by atoms with Crippen molar-refractivity contribution >= 4 is 32.6 Å². The number of ether oxygens (including phenoxy) is 1. The van der Waals surface area contributed by atoms with Crippen LogP contribution in [0.25, 0.3) is 10.8 Å². The monoisotopic (exact) mass is 348 g/mol. The number of nitrogens with zero attached hydrogens (tertiary/aromatic N) is 1. The fourth-order valence-corrected chi connectivity index (χ4v) is 2.81. The number of rotatable bonds is 3. The topological polar surface area (TPSA) is 41.6 Å². The van der Waals surface area contributed by atoms with Crippen molar-refractivity contribution < 1.29 is 9.53 Å². The van der Waals surface area contributed by atoms with Crippen LogP contribution in [-0.2, 0) is 4.79 Å². The van der Waals surface area contributed by atoms with Crippen LogP contribution in [-0.4, -0.2) is 43.6 Å². The van der Waals surface area contributed by atoms with Crippen LogP contribution < -0.4 is 10.1 Å². The summed E-state index contributed by atoms with van der Waals surface area (Å²) in [7, 11) is 0. The molecule has 1 aliphatic heterocycles. The van der Waals surface area contributed by atoms with Crippen molar-refractivity contribution in [2.24, 2.45) is 0 Å². The third-order valence-electron chi connectivity index (χ3n) is 3.61. The lowest BCUT2D eigenvalue weighted by atomic mass is 10.1. The van der Waals surface area contributed by atoms with E-state index in [1.807, 2.05) is 35.2 Å². The second-order valence-corrected chi connectivity index (χ2v) is 5.99. The largest absolute Gasteiger partial charge is 0.484 e. The zero-order chi connectivity index (χ0) is 14.7. The smallest absolute Gasteiger partial charge is 0.260 e. The van der Waals surface area contributed by atoms with Gasteiger partial charge in [0.25, 0.3) is 5.91 Å². The van der Waals surface area contributed by atoms with E-state index in [0.717, 1.165) is 47.2 Å². The average molecular weight is 349 g/mol. The van der Waals surface area contributed by atoms with Crippen LogP contribution in [0.1, 0.15) is 0 Å². The molecule has 0 aromatic heterocycles. The fraction of sp³-hybridized carbons (Fsp3) is 0.312. The zero-order valence-corrected chi connectivity index (χ0v) is 13.2. The predicted molar refractivity (Wildman–Crippen MR) is 86.6 cm³/mol. The maximum absolute atomic E-state index is 12.0. The van der Waals surface area contributed by atoms with Gasteiger partial charge in [-0.05, 0) is 35.0 Å². The first-order valence-corrected chi connectivity index (χ1v) is 7.82. The molecular formula is C16H17BrN2O2. The van der Waals surface area contributed by atoms with E-state index in [-0.39, 0.29) is 12.5 Å². The number of amides is 1. The summed E-state index contributed by atoms with van der Waals surface area (Å²) in [5.74, 6) is 0.778. The van der Waals surface area contributed by atoms with Gasteiger partial charge in [0.05, 0.1) is 0 Å². The van der Waals surface area contributed by atoms with Crippen molar-refractivity contribution in [3.05, 3.63) is 40.9 Å². The molecule has 1 N–H and O–H groups in total. The van der Waals surface area contributed by atoms with Gasteiger partial charge in [0.1, 0.15) is 5.75 Å². The van der Waals surface area contributed by atoms with Crippen molar-refractivity contribution in [3.8, 4) is 5.75 Å². The number of benzene rings is 2. The van der Waals surface area contributed by atoms with E-state index in [0.29, 0.717) is 0 Å². The molecule has 0 saturated carbocycles. The van der Waals surface area contributed by atoms with Crippen LogP contribution in [0.2, 0.25) is 0 Å². The Morgan fingerprint density at radius 1 is 1.14 bits per heavy atom. The van der Waals surface area contributed by atoms with Crippen molar-refractivity contribution in [3.63, 3.8) is 0 Å². The molecule has 1 aliphatic rings. The molecule has 1 amide bonds. The fourth-order valence-electron chi connectivity index (χ4n) is 2.44. The molecule has 0 unspecified atom stereocenters. The highest BCUT2D eigenvalue weighted by Gasteiger charge is 2.16. The number of piperazine rings is 1. The second kappa shape index (κ2) is 6.45. The molecule has 3 rings (SSSR count). The molecule has 21 heavy (non-hydrogen) atoms. The highest BCUT2D eigenvalue weighted by Crippen LogP contribution is 2.24. The van der Waals surface area contributed by atoms with Crippen LogP contribution in [0.5, 0.6) is 5.75 Å². The minimum Gasteiger partial charge on any atom is -0.484 e. The number of nitrogens with one attached hydrogen (secondary N) is 1. The standard InChI is InChI=1S/C16H17BrN2O2/c17-14-3-1-13-10-15(4-2-12(13)9-14)21-11-16(20)19-7-5-18-6-8-19/h1-4,9-10,18H,5-8,11H2. The zero-order valence-electron chi connectivity index (χ0n) is 11.6. The quantitative estimate of drug-likeness (QED) is 0.925. The number of hydrogen-bond acceptors (Lipinski definition) is 3. The van der Waals surface area contributed by atoms with E-state index < -0.39 is 0 Å². The summed E-state index contributed by atoms with van der Waals surface area (Å²) in [6.07, 6.45) is 0. The molecule has 110 valence electrons. The van der Waals surface area contributed by atoms with Gasteiger partial charge in [-0.25, -0.2) is 0 Å². The lowest BCUT2D eigenvalue weighted by Crippen LogP contribution is -2.47. The van der Waals surface area contributed by atoms with Gasteiger partial charge in [-0.15, -0.1) is 0 Å². The molecule has 0 bridgehead atoms. The molecule has 1 saturated heterocycles. The Bertz CT molecular complexity index is 654. The third kappa shape index (κ3) is 3.54. The Labute approximate surface area is 132 Å². The van der Waals surface area contributed by atoms with Gasteiger partial charge in [0, 0.05) is 30.7 Å². The van der Waals surface area contributed by atoms with E-state index in [2.05, 4.69) is 27.3 Å². The van der Waals surface area contributed by atoms with E-state index in [9.17, 15) is 4.79 Å². The number of hydrogen-bond donors (Lipinski definition) is 1. The molecule has 0 atom stereocenters. The molecule has 5 heteroatoms. The lowest BCUT2D eigenvalue weighted by Gasteiger charge is -2.27. The highest BCUT2D eigenvalue weighted by molar-refractivity contribution is 9.10. The number of halogens is 1. The van der Waals surface area contributed by atoms with Crippen LogP contribution in [0.4, 0.5) is 0 Å². The second-order valence-electron chi connectivity index (χ2n) is 5.07. The molecule has 2 aromatic rings. The Balaban J connectivity index is 1.64. The molecule has 1 fully saturated rings. The molecule has 1 heterocycles. The van der Waals surface area contributed by atoms with Gasteiger partial charge in [-0.2, -0.15) is 0 Å². The first-order valence-electron chi connectivity index (χ1n) is 7.03. The van der Waals surface area contributed by atoms with Crippen molar-refractivity contribution in [2.45, 2.75) is 0 Å². The number of fused-ring (bicyclic) bond motifs is 1. The van der Waals surface area contributed by atoms with Crippen molar-refractivity contribution in [2.75, 3.05) is 32.8 Å². The summed E-state index contributed by atoms with van der Waals surface area (Å²) in [5, 5.41) is 5.48. The first-order chi connectivity index (χ1) is 10.2. The van der Waals surface area contributed by atoms with Gasteiger partial charge < -0.3 is 15.0 Å². The van der Waals surface area contributed by atoms with Crippen LogP contribution in [0.3, 0.4) is 0 Å². The van der Waals surface area contributed by atoms with Gasteiger partial charge in [0.15, 0.2) is 6.61 Å². The van der Waals surface area contributed by atoms with Crippen molar-refractivity contribution in [1.29, 1.82) is 0 Å². The molecule has 4 nitrogen and oxygen atoms in total. The van der Waals surface area contributed by atoms with E-state index >= 15 is 0 Å². The number of carbonyl (C=O) groups excluding carboxylic acids is 1. The van der Waals surface area contributed by atoms with Crippen LogP contribution in [0.15, 0.2) is 40.9 Å². The average Bonchev–Trinajstić information content (AvgIpc) is 2.53.